The summed E-state index contributed by atoms with van der Waals surface area (Å²) in [6.45, 7) is 11.9. The quantitative estimate of drug-likeness (QED) is 0.166. The van der Waals surface area contributed by atoms with E-state index in [0.29, 0.717) is 12.5 Å². The fourth-order valence-electron chi connectivity index (χ4n) is 3.81. The fraction of sp³-hybridized carbons (Fsp3) is 0.960. The van der Waals surface area contributed by atoms with Crippen molar-refractivity contribution in [2.45, 2.75) is 131 Å². The van der Waals surface area contributed by atoms with E-state index in [1.807, 2.05) is 0 Å². The van der Waals surface area contributed by atoms with Crippen LogP contribution in [0.1, 0.15) is 131 Å². The van der Waals surface area contributed by atoms with Crippen LogP contribution in [-0.2, 0) is 9.53 Å². The monoisotopic (exact) mass is 382 g/mol. The van der Waals surface area contributed by atoms with Gasteiger partial charge in [-0.15, -0.1) is 0 Å². The molecule has 0 rings (SSSR count). The minimum atomic E-state index is 0.0783. The number of hydrogen-bond donors (Lipinski definition) is 0. The molecule has 0 aromatic rings. The van der Waals surface area contributed by atoms with Gasteiger partial charge in [0.25, 0.3) is 0 Å². The van der Waals surface area contributed by atoms with Crippen molar-refractivity contribution >= 4 is 5.97 Å². The first-order valence-electron chi connectivity index (χ1n) is 12.2. The van der Waals surface area contributed by atoms with Gasteiger partial charge in [0, 0.05) is 0 Å². The van der Waals surface area contributed by atoms with Gasteiger partial charge in [0.1, 0.15) is 0 Å². The second kappa shape index (κ2) is 18.8. The van der Waals surface area contributed by atoms with Crippen LogP contribution in [0, 0.1) is 17.8 Å². The summed E-state index contributed by atoms with van der Waals surface area (Å²) in [5, 5.41) is 0. The second-order valence-electron chi connectivity index (χ2n) is 9.05. The van der Waals surface area contributed by atoms with Crippen molar-refractivity contribution in [3.8, 4) is 0 Å². The van der Waals surface area contributed by atoms with Crippen LogP contribution in [0.25, 0.3) is 0 Å². The van der Waals surface area contributed by atoms with Crippen LogP contribution in [0.3, 0.4) is 0 Å². The Morgan fingerprint density at radius 2 is 1.19 bits per heavy atom. The number of esters is 1. The lowest BCUT2D eigenvalue weighted by Gasteiger charge is -2.23. The van der Waals surface area contributed by atoms with E-state index in [2.05, 4.69) is 34.6 Å². The largest absolute Gasteiger partial charge is 0.465 e. The molecule has 0 aliphatic heterocycles. The van der Waals surface area contributed by atoms with Gasteiger partial charge in [-0.05, 0) is 31.1 Å². The van der Waals surface area contributed by atoms with Crippen LogP contribution in [0.2, 0.25) is 0 Å². The van der Waals surface area contributed by atoms with Gasteiger partial charge in [0.05, 0.1) is 12.5 Å². The van der Waals surface area contributed by atoms with Crippen molar-refractivity contribution in [1.82, 2.24) is 0 Å². The van der Waals surface area contributed by atoms with E-state index in [1.165, 1.54) is 77.0 Å². The third-order valence-corrected chi connectivity index (χ3v) is 5.79. The summed E-state index contributed by atoms with van der Waals surface area (Å²) in [6, 6.07) is 0. The molecule has 27 heavy (non-hydrogen) atoms. The zero-order chi connectivity index (χ0) is 20.3. The Balaban J connectivity index is 4.28. The summed E-state index contributed by atoms with van der Waals surface area (Å²) in [5.74, 6) is 1.40. The van der Waals surface area contributed by atoms with Gasteiger partial charge in [-0.3, -0.25) is 4.79 Å². The molecule has 0 aliphatic carbocycles. The Hall–Kier alpha value is -0.530. The van der Waals surface area contributed by atoms with Gasteiger partial charge in [0.15, 0.2) is 0 Å². The van der Waals surface area contributed by atoms with Crippen molar-refractivity contribution < 1.29 is 9.53 Å². The van der Waals surface area contributed by atoms with Crippen molar-refractivity contribution in [3.05, 3.63) is 0 Å². The number of ether oxygens (including phenoxy) is 1. The van der Waals surface area contributed by atoms with Crippen molar-refractivity contribution in [2.24, 2.45) is 17.8 Å². The van der Waals surface area contributed by atoms with E-state index in [-0.39, 0.29) is 11.9 Å². The van der Waals surface area contributed by atoms with Crippen LogP contribution in [0.5, 0.6) is 0 Å². The van der Waals surface area contributed by atoms with Crippen LogP contribution in [0.15, 0.2) is 0 Å². The molecule has 0 saturated carbocycles. The van der Waals surface area contributed by atoms with E-state index in [9.17, 15) is 4.79 Å². The Kier molecular flexibility index (Phi) is 18.4. The lowest BCUT2D eigenvalue weighted by atomic mass is 9.85. The molecule has 0 amide bonds. The summed E-state index contributed by atoms with van der Waals surface area (Å²) >= 11 is 0. The van der Waals surface area contributed by atoms with Crippen LogP contribution in [0.4, 0.5) is 0 Å². The maximum Gasteiger partial charge on any atom is 0.309 e. The summed E-state index contributed by atoms with van der Waals surface area (Å²) in [4.78, 5) is 12.7. The van der Waals surface area contributed by atoms with E-state index >= 15 is 0 Å². The zero-order valence-corrected chi connectivity index (χ0v) is 19.4. The molecule has 0 radical (unpaired) electrons. The highest BCUT2D eigenvalue weighted by molar-refractivity contribution is 5.72. The predicted molar refractivity (Wildman–Crippen MR) is 119 cm³/mol. The molecule has 2 heteroatoms. The maximum absolute atomic E-state index is 12.7. The highest BCUT2D eigenvalue weighted by Gasteiger charge is 2.25. The van der Waals surface area contributed by atoms with Gasteiger partial charge in [0.2, 0.25) is 0 Å². The second-order valence-corrected chi connectivity index (χ2v) is 9.05. The minimum Gasteiger partial charge on any atom is -0.465 e. The Bertz CT molecular complexity index is 324. The fourth-order valence-corrected chi connectivity index (χ4v) is 3.81. The standard InChI is InChI=1S/C25H50O2/c1-6-8-10-12-13-14-19-23(5)24(20-16-15-18-22(3)4)25(26)27-21-17-11-9-7-2/h22-24H,6-21H2,1-5H3. The molecule has 162 valence electrons. The average Bonchev–Trinajstić information content (AvgIpc) is 2.63. The minimum absolute atomic E-state index is 0.0783. The molecule has 0 spiro atoms. The molecule has 0 heterocycles. The summed E-state index contributed by atoms with van der Waals surface area (Å²) in [5.41, 5.74) is 0. The number of rotatable bonds is 19. The smallest absolute Gasteiger partial charge is 0.309 e. The Morgan fingerprint density at radius 3 is 1.81 bits per heavy atom. The van der Waals surface area contributed by atoms with E-state index in [1.54, 1.807) is 0 Å². The molecule has 0 aliphatic rings. The van der Waals surface area contributed by atoms with Crippen LogP contribution >= 0.6 is 0 Å². The van der Waals surface area contributed by atoms with E-state index in [4.69, 9.17) is 4.74 Å². The first-order valence-corrected chi connectivity index (χ1v) is 12.2. The normalized spacial score (nSPS) is 13.7. The first-order chi connectivity index (χ1) is 13.0. The number of hydrogen-bond acceptors (Lipinski definition) is 2. The topological polar surface area (TPSA) is 26.3 Å². The molecule has 0 fully saturated rings. The molecule has 0 aromatic carbocycles. The Morgan fingerprint density at radius 1 is 0.667 bits per heavy atom. The third kappa shape index (κ3) is 16.2. The highest BCUT2D eigenvalue weighted by Crippen LogP contribution is 2.26. The summed E-state index contributed by atoms with van der Waals surface area (Å²) < 4.78 is 5.67. The molecule has 2 atom stereocenters. The van der Waals surface area contributed by atoms with Gasteiger partial charge < -0.3 is 4.74 Å². The molecule has 2 unspecified atom stereocenters. The molecule has 2 nitrogen and oxygen atoms in total. The van der Waals surface area contributed by atoms with E-state index < -0.39 is 0 Å². The first kappa shape index (κ1) is 26.5. The number of unbranched alkanes of at least 4 members (excludes halogenated alkanes) is 9. The predicted octanol–water partition coefficient (Wildman–Crippen LogP) is 8.33. The van der Waals surface area contributed by atoms with Crippen LogP contribution in [-0.4, -0.2) is 12.6 Å². The van der Waals surface area contributed by atoms with Crippen molar-refractivity contribution in [2.75, 3.05) is 6.61 Å². The zero-order valence-electron chi connectivity index (χ0n) is 19.4. The van der Waals surface area contributed by atoms with Gasteiger partial charge in [-0.1, -0.05) is 112 Å². The molecule has 0 aromatic heterocycles. The SMILES string of the molecule is CCCCCCCCC(C)C(CCCCC(C)C)C(=O)OCCCCCC. The lowest BCUT2D eigenvalue weighted by molar-refractivity contribution is -0.151. The molecular weight excluding hydrogens is 332 g/mol. The van der Waals surface area contributed by atoms with Crippen LogP contribution < -0.4 is 0 Å². The average molecular weight is 383 g/mol. The third-order valence-electron chi connectivity index (χ3n) is 5.79. The highest BCUT2D eigenvalue weighted by atomic mass is 16.5. The maximum atomic E-state index is 12.7. The molecule has 0 bridgehead atoms. The number of carbonyl (C=O) groups excluding carboxylic acids is 1. The molecule has 0 saturated heterocycles. The van der Waals surface area contributed by atoms with Gasteiger partial charge >= 0.3 is 5.97 Å². The van der Waals surface area contributed by atoms with Crippen molar-refractivity contribution in [3.63, 3.8) is 0 Å². The van der Waals surface area contributed by atoms with Crippen molar-refractivity contribution in [1.29, 1.82) is 0 Å². The molecular formula is C25H50O2. The summed E-state index contributed by atoms with van der Waals surface area (Å²) in [6.07, 6.45) is 18.5. The molecule has 0 N–H and O–H groups in total. The Labute approximate surface area is 171 Å². The van der Waals surface area contributed by atoms with E-state index in [0.717, 1.165) is 25.2 Å². The lowest BCUT2D eigenvalue weighted by Crippen LogP contribution is -2.25. The van der Waals surface area contributed by atoms with Gasteiger partial charge in [-0.2, -0.15) is 0 Å². The number of carbonyl (C=O) groups is 1. The van der Waals surface area contributed by atoms with Gasteiger partial charge in [-0.25, -0.2) is 0 Å². The summed E-state index contributed by atoms with van der Waals surface area (Å²) in [7, 11) is 0.